The molecule has 0 spiro atoms. The van der Waals surface area contributed by atoms with Gasteiger partial charge in [0.15, 0.2) is 0 Å². The third kappa shape index (κ3) is 2.17. The maximum absolute atomic E-state index is 12.1. The van der Waals surface area contributed by atoms with Gasteiger partial charge in [-0.3, -0.25) is 9.55 Å². The minimum absolute atomic E-state index is 0.0730. The third-order valence-corrected chi connectivity index (χ3v) is 4.26. The molecule has 5 heteroatoms. The molecule has 1 aromatic heterocycles. The zero-order chi connectivity index (χ0) is 12.5. The number of nitrogens with one attached hydrogen (secondary N) is 1. The van der Waals surface area contributed by atoms with E-state index < -0.39 is 0 Å². The molecule has 0 aromatic carbocycles. The Hall–Kier alpha value is -0.940. The summed E-state index contributed by atoms with van der Waals surface area (Å²) in [6, 6.07) is 0. The molecule has 0 saturated carbocycles. The molecule has 18 heavy (non-hydrogen) atoms. The first-order valence-electron chi connectivity index (χ1n) is 6.72. The summed E-state index contributed by atoms with van der Waals surface area (Å²) in [5.41, 5.74) is 2.25. The lowest BCUT2D eigenvalue weighted by molar-refractivity contribution is 0.0948. The maximum Gasteiger partial charge on any atom is 0.326 e. The number of ether oxygens (including phenoxy) is 1. The van der Waals surface area contributed by atoms with Crippen LogP contribution in [0.15, 0.2) is 4.79 Å². The van der Waals surface area contributed by atoms with Crippen molar-refractivity contribution < 1.29 is 4.74 Å². The number of aromatic amines is 1. The Kier molecular flexibility index (Phi) is 3.35. The molecule has 0 bridgehead atoms. The van der Waals surface area contributed by atoms with Crippen molar-refractivity contribution in [3.63, 3.8) is 0 Å². The van der Waals surface area contributed by atoms with Crippen LogP contribution in [0.2, 0.25) is 0 Å². The molecule has 1 aromatic rings. The van der Waals surface area contributed by atoms with E-state index in [2.05, 4.69) is 4.98 Å². The highest BCUT2D eigenvalue weighted by molar-refractivity contribution is 7.71. The number of hydrogen-bond donors (Lipinski definition) is 1. The predicted octanol–water partition coefficient (Wildman–Crippen LogP) is 1.96. The number of H-pyrrole nitrogens is 1. The molecule has 3 rings (SSSR count). The molecular weight excluding hydrogens is 248 g/mol. The summed E-state index contributed by atoms with van der Waals surface area (Å²) in [7, 11) is 0. The van der Waals surface area contributed by atoms with Crippen LogP contribution in [0.4, 0.5) is 0 Å². The Morgan fingerprint density at radius 2 is 2.17 bits per heavy atom. The standard InChI is InChI=1S/C13H18N2O2S/c16-13-14-12(18)10-5-1-2-6-11(10)15(13)8-9-4-3-7-17-9/h9H,1-8H2,(H,14,16,18)/t9-/m1/s1. The third-order valence-electron chi connectivity index (χ3n) is 3.91. The van der Waals surface area contributed by atoms with Crippen molar-refractivity contribution in [1.29, 1.82) is 0 Å². The fourth-order valence-electron chi connectivity index (χ4n) is 2.98. The van der Waals surface area contributed by atoms with Gasteiger partial charge in [0.2, 0.25) is 0 Å². The molecule has 98 valence electrons. The minimum atomic E-state index is -0.0730. The first-order chi connectivity index (χ1) is 8.75. The molecule has 4 nitrogen and oxygen atoms in total. The van der Waals surface area contributed by atoms with Crippen molar-refractivity contribution in [2.45, 2.75) is 51.2 Å². The normalized spacial score (nSPS) is 23.0. The van der Waals surface area contributed by atoms with Gasteiger partial charge >= 0.3 is 5.69 Å². The van der Waals surface area contributed by atoms with Gasteiger partial charge in [0.25, 0.3) is 0 Å². The van der Waals surface area contributed by atoms with Crippen LogP contribution in [-0.2, 0) is 24.1 Å². The van der Waals surface area contributed by atoms with Crippen molar-refractivity contribution in [2.75, 3.05) is 6.61 Å². The zero-order valence-electron chi connectivity index (χ0n) is 10.4. The predicted molar refractivity (Wildman–Crippen MR) is 71.5 cm³/mol. The highest BCUT2D eigenvalue weighted by Crippen LogP contribution is 2.22. The van der Waals surface area contributed by atoms with Gasteiger partial charge in [-0.1, -0.05) is 12.2 Å². The topological polar surface area (TPSA) is 47.0 Å². The smallest absolute Gasteiger partial charge is 0.326 e. The van der Waals surface area contributed by atoms with Crippen molar-refractivity contribution in [2.24, 2.45) is 0 Å². The second-order valence-electron chi connectivity index (χ2n) is 5.14. The summed E-state index contributed by atoms with van der Waals surface area (Å²) in [6.45, 7) is 1.50. The lowest BCUT2D eigenvalue weighted by atomic mass is 9.97. The molecule has 1 atom stereocenters. The van der Waals surface area contributed by atoms with E-state index in [4.69, 9.17) is 17.0 Å². The number of rotatable bonds is 2. The first kappa shape index (κ1) is 12.1. The maximum atomic E-state index is 12.1. The minimum Gasteiger partial charge on any atom is -0.376 e. The van der Waals surface area contributed by atoms with E-state index in [-0.39, 0.29) is 11.8 Å². The SMILES string of the molecule is O=c1[nH]c(=S)c2c(n1C[C@H]1CCCO1)CCCC2. The van der Waals surface area contributed by atoms with E-state index in [0.29, 0.717) is 11.2 Å². The van der Waals surface area contributed by atoms with E-state index >= 15 is 0 Å². The summed E-state index contributed by atoms with van der Waals surface area (Å²) in [4.78, 5) is 14.9. The summed E-state index contributed by atoms with van der Waals surface area (Å²) in [5.74, 6) is 0. The van der Waals surface area contributed by atoms with Crippen LogP contribution < -0.4 is 5.69 Å². The molecule has 1 fully saturated rings. The van der Waals surface area contributed by atoms with Gasteiger partial charge in [-0.05, 0) is 38.5 Å². The number of nitrogens with zero attached hydrogens (tertiary/aromatic N) is 1. The Labute approximate surface area is 111 Å². The molecule has 1 aliphatic heterocycles. The molecule has 1 N–H and O–H groups in total. The fourth-order valence-corrected chi connectivity index (χ4v) is 3.29. The molecule has 0 radical (unpaired) electrons. The Morgan fingerprint density at radius 1 is 1.33 bits per heavy atom. The molecule has 0 amide bonds. The van der Waals surface area contributed by atoms with Gasteiger partial charge in [0.05, 0.1) is 12.6 Å². The summed E-state index contributed by atoms with van der Waals surface area (Å²) >= 11 is 5.27. The monoisotopic (exact) mass is 266 g/mol. The van der Waals surface area contributed by atoms with Gasteiger partial charge in [-0.15, -0.1) is 0 Å². The highest BCUT2D eigenvalue weighted by atomic mass is 32.1. The van der Waals surface area contributed by atoms with E-state index in [1.807, 2.05) is 4.57 Å². The van der Waals surface area contributed by atoms with E-state index in [1.165, 1.54) is 12.0 Å². The average Bonchev–Trinajstić information content (AvgIpc) is 2.87. The summed E-state index contributed by atoms with van der Waals surface area (Å²) in [6.07, 6.45) is 6.63. The zero-order valence-corrected chi connectivity index (χ0v) is 11.2. The Morgan fingerprint density at radius 3 is 2.94 bits per heavy atom. The van der Waals surface area contributed by atoms with Crippen LogP contribution in [0, 0.1) is 4.64 Å². The number of aromatic nitrogens is 2. The molecular formula is C13H18N2O2S. The van der Waals surface area contributed by atoms with Gasteiger partial charge in [-0.25, -0.2) is 4.79 Å². The van der Waals surface area contributed by atoms with Crippen LogP contribution in [-0.4, -0.2) is 22.3 Å². The lowest BCUT2D eigenvalue weighted by Crippen LogP contribution is -2.33. The number of fused-ring (bicyclic) bond motifs is 1. The molecule has 1 aliphatic carbocycles. The molecule has 1 saturated heterocycles. The van der Waals surface area contributed by atoms with Crippen LogP contribution >= 0.6 is 12.2 Å². The van der Waals surface area contributed by atoms with Crippen molar-refractivity contribution in [3.05, 3.63) is 26.4 Å². The highest BCUT2D eigenvalue weighted by Gasteiger charge is 2.21. The largest absolute Gasteiger partial charge is 0.376 e. The lowest BCUT2D eigenvalue weighted by Gasteiger charge is -2.22. The van der Waals surface area contributed by atoms with Gasteiger partial charge in [0.1, 0.15) is 4.64 Å². The van der Waals surface area contributed by atoms with Crippen LogP contribution in [0.25, 0.3) is 0 Å². The van der Waals surface area contributed by atoms with E-state index in [9.17, 15) is 4.79 Å². The Bertz CT molecular complexity index is 555. The van der Waals surface area contributed by atoms with Crippen molar-refractivity contribution >= 4 is 12.2 Å². The summed E-state index contributed by atoms with van der Waals surface area (Å²) in [5, 5.41) is 0. The second-order valence-corrected chi connectivity index (χ2v) is 5.55. The average molecular weight is 266 g/mol. The number of hydrogen-bond acceptors (Lipinski definition) is 3. The Balaban J connectivity index is 2.01. The molecule has 0 unspecified atom stereocenters. The molecule has 2 heterocycles. The van der Waals surface area contributed by atoms with Crippen molar-refractivity contribution in [3.8, 4) is 0 Å². The van der Waals surface area contributed by atoms with E-state index in [1.54, 1.807) is 0 Å². The van der Waals surface area contributed by atoms with Crippen molar-refractivity contribution in [1.82, 2.24) is 9.55 Å². The van der Waals surface area contributed by atoms with Crippen LogP contribution in [0.5, 0.6) is 0 Å². The first-order valence-corrected chi connectivity index (χ1v) is 7.13. The fraction of sp³-hybridized carbons (Fsp3) is 0.692. The van der Waals surface area contributed by atoms with E-state index in [0.717, 1.165) is 44.4 Å². The van der Waals surface area contributed by atoms with Gasteiger partial charge in [0, 0.05) is 17.9 Å². The van der Waals surface area contributed by atoms with Gasteiger partial charge in [-0.2, -0.15) is 0 Å². The van der Waals surface area contributed by atoms with Gasteiger partial charge < -0.3 is 4.74 Å². The quantitative estimate of drug-likeness (QED) is 0.832. The van der Waals surface area contributed by atoms with Crippen LogP contribution in [0.1, 0.15) is 36.9 Å². The van der Waals surface area contributed by atoms with Crippen LogP contribution in [0.3, 0.4) is 0 Å². The summed E-state index contributed by atoms with van der Waals surface area (Å²) < 4.78 is 8.13. The molecule has 2 aliphatic rings. The second kappa shape index (κ2) is 4.97.